The molecule has 1 aromatic carbocycles. The molecule has 2 nitrogen and oxygen atoms in total. The van der Waals surface area contributed by atoms with E-state index in [2.05, 4.69) is 6.58 Å². The monoisotopic (exact) mass is 206 g/mol. The Kier molecular flexibility index (Phi) is 5.56. The molecule has 1 aromatic rings. The average molecular weight is 206 g/mol. The molecule has 0 saturated heterocycles. The maximum absolute atomic E-state index is 5.51. The molecule has 0 radical (unpaired) electrons. The summed E-state index contributed by atoms with van der Waals surface area (Å²) in [4.78, 5) is 0. The number of hydrogen-bond donors (Lipinski definition) is 0. The van der Waals surface area contributed by atoms with Gasteiger partial charge in [0.2, 0.25) is 0 Å². The van der Waals surface area contributed by atoms with Gasteiger partial charge in [-0.1, -0.05) is 24.3 Å². The molecule has 1 unspecified atom stereocenters. The van der Waals surface area contributed by atoms with Crippen molar-refractivity contribution in [2.75, 3.05) is 13.2 Å². The van der Waals surface area contributed by atoms with Crippen LogP contribution in [-0.2, 0) is 4.74 Å². The van der Waals surface area contributed by atoms with Crippen molar-refractivity contribution < 1.29 is 9.47 Å². The second-order valence-corrected chi connectivity index (χ2v) is 3.37. The van der Waals surface area contributed by atoms with Crippen molar-refractivity contribution in [1.29, 1.82) is 0 Å². The number of para-hydroxylation sites is 1. The van der Waals surface area contributed by atoms with Crippen LogP contribution in [0.1, 0.15) is 13.3 Å². The minimum absolute atomic E-state index is 0.224. The molecule has 0 N–H and O–H groups in total. The van der Waals surface area contributed by atoms with Crippen LogP contribution in [0.15, 0.2) is 43.0 Å². The third-order valence-corrected chi connectivity index (χ3v) is 2.00. The molecule has 0 aliphatic carbocycles. The molecular formula is C13H18O2. The highest BCUT2D eigenvalue weighted by Gasteiger charge is 1.98. The lowest BCUT2D eigenvalue weighted by Crippen LogP contribution is -2.13. The molecule has 82 valence electrons. The predicted molar refractivity (Wildman–Crippen MR) is 62.2 cm³/mol. The van der Waals surface area contributed by atoms with E-state index in [4.69, 9.17) is 9.47 Å². The number of ether oxygens (including phenoxy) is 2. The number of benzene rings is 1. The number of hydrogen-bond acceptors (Lipinski definition) is 2. The molecule has 1 atom stereocenters. The number of rotatable bonds is 7. The SMILES string of the molecule is C=CCC(C)OCCOc1ccccc1. The van der Waals surface area contributed by atoms with Crippen molar-refractivity contribution in [3.05, 3.63) is 43.0 Å². The van der Waals surface area contributed by atoms with Crippen molar-refractivity contribution in [1.82, 2.24) is 0 Å². The van der Waals surface area contributed by atoms with Crippen LogP contribution in [-0.4, -0.2) is 19.3 Å². The van der Waals surface area contributed by atoms with Crippen molar-refractivity contribution >= 4 is 0 Å². The van der Waals surface area contributed by atoms with Gasteiger partial charge >= 0.3 is 0 Å². The molecule has 2 heteroatoms. The zero-order chi connectivity index (χ0) is 10.9. The van der Waals surface area contributed by atoms with E-state index >= 15 is 0 Å². The van der Waals surface area contributed by atoms with E-state index < -0.39 is 0 Å². The zero-order valence-corrected chi connectivity index (χ0v) is 9.19. The molecule has 0 amide bonds. The van der Waals surface area contributed by atoms with Gasteiger partial charge in [0.05, 0.1) is 12.7 Å². The normalized spacial score (nSPS) is 12.1. The Hall–Kier alpha value is -1.28. The minimum Gasteiger partial charge on any atom is -0.491 e. The molecule has 1 rings (SSSR count). The first-order valence-corrected chi connectivity index (χ1v) is 5.23. The molecule has 0 spiro atoms. The first kappa shape index (κ1) is 11.8. The summed E-state index contributed by atoms with van der Waals surface area (Å²) in [5, 5.41) is 0. The van der Waals surface area contributed by atoms with Gasteiger partial charge in [-0.15, -0.1) is 6.58 Å². The van der Waals surface area contributed by atoms with Crippen LogP contribution in [0, 0.1) is 0 Å². The van der Waals surface area contributed by atoms with Gasteiger partial charge in [0, 0.05) is 0 Å². The Balaban J connectivity index is 2.09. The summed E-state index contributed by atoms with van der Waals surface area (Å²) in [5.41, 5.74) is 0. The second kappa shape index (κ2) is 7.07. The highest BCUT2D eigenvalue weighted by atomic mass is 16.5. The fraction of sp³-hybridized carbons (Fsp3) is 0.385. The average Bonchev–Trinajstić information content (AvgIpc) is 2.26. The Bertz CT molecular complexity index is 269. The van der Waals surface area contributed by atoms with Crippen LogP contribution in [0.25, 0.3) is 0 Å². The van der Waals surface area contributed by atoms with Gasteiger partial charge < -0.3 is 9.47 Å². The smallest absolute Gasteiger partial charge is 0.119 e. The quantitative estimate of drug-likeness (QED) is 0.504. The van der Waals surface area contributed by atoms with E-state index in [1.54, 1.807) is 0 Å². The summed E-state index contributed by atoms with van der Waals surface area (Å²) < 4.78 is 11.0. The standard InChI is InChI=1S/C13H18O2/c1-3-7-12(2)14-10-11-15-13-8-5-4-6-9-13/h3-6,8-9,12H,1,7,10-11H2,2H3. The van der Waals surface area contributed by atoms with Gasteiger partial charge in [0.15, 0.2) is 0 Å². The first-order valence-electron chi connectivity index (χ1n) is 5.23. The topological polar surface area (TPSA) is 18.5 Å². The second-order valence-electron chi connectivity index (χ2n) is 3.37. The maximum atomic E-state index is 5.51. The molecule has 0 bridgehead atoms. The van der Waals surface area contributed by atoms with Gasteiger partial charge in [0.25, 0.3) is 0 Å². The van der Waals surface area contributed by atoms with Crippen LogP contribution in [0.3, 0.4) is 0 Å². The van der Waals surface area contributed by atoms with E-state index in [9.17, 15) is 0 Å². The van der Waals surface area contributed by atoms with E-state index in [0.29, 0.717) is 13.2 Å². The first-order chi connectivity index (χ1) is 7.33. The van der Waals surface area contributed by atoms with Gasteiger partial charge in [-0.3, -0.25) is 0 Å². The Morgan fingerprint density at radius 2 is 2.00 bits per heavy atom. The van der Waals surface area contributed by atoms with Crippen LogP contribution < -0.4 is 4.74 Å². The third kappa shape index (κ3) is 5.23. The minimum atomic E-state index is 0.224. The summed E-state index contributed by atoms with van der Waals surface area (Å²) >= 11 is 0. The van der Waals surface area contributed by atoms with Crippen molar-refractivity contribution in [3.8, 4) is 5.75 Å². The van der Waals surface area contributed by atoms with E-state index in [1.165, 1.54) is 0 Å². The molecule has 0 saturated carbocycles. The van der Waals surface area contributed by atoms with Crippen LogP contribution >= 0.6 is 0 Å². The van der Waals surface area contributed by atoms with E-state index in [0.717, 1.165) is 12.2 Å². The highest BCUT2D eigenvalue weighted by molar-refractivity contribution is 5.20. The summed E-state index contributed by atoms with van der Waals surface area (Å²) in [6.45, 7) is 6.90. The molecular weight excluding hydrogens is 188 g/mol. The van der Waals surface area contributed by atoms with Gasteiger partial charge in [-0.05, 0) is 25.5 Å². The molecule has 0 fully saturated rings. The summed E-state index contributed by atoms with van der Waals surface area (Å²) in [6.07, 6.45) is 2.97. The fourth-order valence-corrected chi connectivity index (χ4v) is 1.23. The third-order valence-electron chi connectivity index (χ3n) is 2.00. The van der Waals surface area contributed by atoms with Crippen LogP contribution in [0.5, 0.6) is 5.75 Å². The van der Waals surface area contributed by atoms with Gasteiger partial charge in [0.1, 0.15) is 12.4 Å². The molecule has 0 aromatic heterocycles. The lowest BCUT2D eigenvalue weighted by molar-refractivity contribution is 0.0465. The lowest BCUT2D eigenvalue weighted by Gasteiger charge is -2.11. The van der Waals surface area contributed by atoms with E-state index in [1.807, 2.05) is 43.3 Å². The van der Waals surface area contributed by atoms with Gasteiger partial charge in [-0.25, -0.2) is 0 Å². The maximum Gasteiger partial charge on any atom is 0.119 e. The van der Waals surface area contributed by atoms with Crippen LogP contribution in [0.2, 0.25) is 0 Å². The van der Waals surface area contributed by atoms with Crippen molar-refractivity contribution in [2.24, 2.45) is 0 Å². The molecule has 0 aliphatic rings. The van der Waals surface area contributed by atoms with Crippen molar-refractivity contribution in [2.45, 2.75) is 19.4 Å². The summed E-state index contributed by atoms with van der Waals surface area (Å²) in [6, 6.07) is 9.75. The predicted octanol–water partition coefficient (Wildman–Crippen LogP) is 3.05. The zero-order valence-electron chi connectivity index (χ0n) is 9.19. The van der Waals surface area contributed by atoms with Gasteiger partial charge in [-0.2, -0.15) is 0 Å². The fourth-order valence-electron chi connectivity index (χ4n) is 1.23. The Labute approximate surface area is 91.5 Å². The van der Waals surface area contributed by atoms with Crippen molar-refractivity contribution in [3.63, 3.8) is 0 Å². The Morgan fingerprint density at radius 3 is 2.67 bits per heavy atom. The highest BCUT2D eigenvalue weighted by Crippen LogP contribution is 2.08. The lowest BCUT2D eigenvalue weighted by atomic mass is 10.3. The molecule has 15 heavy (non-hydrogen) atoms. The Morgan fingerprint density at radius 1 is 1.27 bits per heavy atom. The summed E-state index contributed by atoms with van der Waals surface area (Å²) in [5.74, 6) is 0.887. The summed E-state index contributed by atoms with van der Waals surface area (Å²) in [7, 11) is 0. The van der Waals surface area contributed by atoms with E-state index in [-0.39, 0.29) is 6.10 Å². The largest absolute Gasteiger partial charge is 0.491 e. The molecule has 0 heterocycles. The molecule has 0 aliphatic heterocycles. The van der Waals surface area contributed by atoms with Crippen LogP contribution in [0.4, 0.5) is 0 Å².